The van der Waals surface area contributed by atoms with Gasteiger partial charge >= 0.3 is 0 Å². The van der Waals surface area contributed by atoms with E-state index in [0.29, 0.717) is 11.3 Å². The summed E-state index contributed by atoms with van der Waals surface area (Å²) in [4.78, 5) is 18.7. The van der Waals surface area contributed by atoms with E-state index in [2.05, 4.69) is 24.8 Å². The molecule has 9 heteroatoms. The molecule has 2 aromatic carbocycles. The zero-order chi connectivity index (χ0) is 24.9. The Morgan fingerprint density at radius 1 is 1.03 bits per heavy atom. The van der Waals surface area contributed by atoms with Crippen LogP contribution in [0.3, 0.4) is 0 Å². The van der Waals surface area contributed by atoms with Gasteiger partial charge in [0.1, 0.15) is 24.2 Å². The van der Waals surface area contributed by atoms with Crippen molar-refractivity contribution in [3.63, 3.8) is 0 Å². The van der Waals surface area contributed by atoms with Crippen molar-refractivity contribution in [3.05, 3.63) is 72.3 Å². The molecule has 2 aliphatic rings. The van der Waals surface area contributed by atoms with Crippen LogP contribution >= 0.6 is 0 Å². The number of nitrogens with one attached hydrogen (secondary N) is 1. The normalized spacial score (nSPS) is 18.9. The van der Waals surface area contributed by atoms with Crippen molar-refractivity contribution in [2.45, 2.75) is 57.2 Å². The number of nitrogens with zero attached hydrogens (tertiary/aromatic N) is 6. The van der Waals surface area contributed by atoms with E-state index in [4.69, 9.17) is 9.72 Å². The highest BCUT2D eigenvalue weighted by Gasteiger charge is 2.32. The van der Waals surface area contributed by atoms with E-state index in [1.165, 1.54) is 0 Å². The monoisotopic (exact) mass is 497 g/mol. The summed E-state index contributed by atoms with van der Waals surface area (Å²) in [6.45, 7) is 2.79. The first-order valence-electron chi connectivity index (χ1n) is 13.0. The lowest BCUT2D eigenvalue weighted by molar-refractivity contribution is -0.0298. The molecule has 1 aliphatic heterocycles. The molecule has 7 rings (SSSR count). The largest absolute Gasteiger partial charge is 0.358 e. The van der Waals surface area contributed by atoms with Gasteiger partial charge in [-0.15, -0.1) is 0 Å². The van der Waals surface area contributed by atoms with E-state index in [0.717, 1.165) is 72.5 Å². The number of aromatic nitrogens is 6. The van der Waals surface area contributed by atoms with Crippen molar-refractivity contribution in [2.75, 3.05) is 11.9 Å². The maximum Gasteiger partial charge on any atom is 0.167 e. The molecule has 1 saturated heterocycles. The summed E-state index contributed by atoms with van der Waals surface area (Å²) in [6, 6.07) is 13.1. The van der Waals surface area contributed by atoms with Crippen LogP contribution in [0.5, 0.6) is 0 Å². The maximum absolute atomic E-state index is 15.1. The average Bonchev–Trinajstić information content (AvgIpc) is 3.55. The number of fused-ring (bicyclic) bond motifs is 2. The molecule has 2 atom stereocenters. The van der Waals surface area contributed by atoms with Gasteiger partial charge < -0.3 is 10.1 Å². The molecular weight excluding hydrogens is 469 g/mol. The van der Waals surface area contributed by atoms with Crippen LogP contribution in [0.15, 0.2) is 55.1 Å². The highest BCUT2D eigenvalue weighted by molar-refractivity contribution is 5.85. The van der Waals surface area contributed by atoms with Crippen LogP contribution in [0.25, 0.3) is 27.9 Å². The van der Waals surface area contributed by atoms with E-state index in [9.17, 15) is 0 Å². The summed E-state index contributed by atoms with van der Waals surface area (Å²) in [6.07, 6.45) is 8.44. The Bertz CT molecular complexity index is 1580. The molecule has 1 unspecified atom stereocenters. The molecule has 0 radical (unpaired) electrons. The molecule has 1 N–H and O–H groups in total. The highest BCUT2D eigenvalue weighted by atomic mass is 19.1. The van der Waals surface area contributed by atoms with Crippen LogP contribution in [0.1, 0.15) is 68.6 Å². The predicted octanol–water partition coefficient (Wildman–Crippen LogP) is 6.05. The second-order valence-corrected chi connectivity index (χ2v) is 9.98. The molecule has 0 amide bonds. The number of hydrogen-bond acceptors (Lipinski definition) is 6. The van der Waals surface area contributed by atoms with Crippen LogP contribution in [-0.2, 0) is 4.74 Å². The molecule has 0 bridgehead atoms. The van der Waals surface area contributed by atoms with Gasteiger partial charge in [0, 0.05) is 17.9 Å². The van der Waals surface area contributed by atoms with E-state index in [1.807, 2.05) is 41.8 Å². The summed E-state index contributed by atoms with van der Waals surface area (Å²) >= 11 is 0. The number of ether oxygens (including phenoxy) is 1. The van der Waals surface area contributed by atoms with Crippen LogP contribution in [-0.4, -0.2) is 35.7 Å². The van der Waals surface area contributed by atoms with Gasteiger partial charge in [-0.3, -0.25) is 9.13 Å². The zero-order valence-corrected chi connectivity index (χ0v) is 20.6. The molecule has 1 saturated carbocycles. The SMILES string of the molecule is CC(Nc1ncnc2c1ncn2[C@@H]1CCCCO1)c1nc2ccc(F)c(C3CC3)c2n1-c1ccccc1. The second-order valence-electron chi connectivity index (χ2n) is 9.98. The first-order valence-corrected chi connectivity index (χ1v) is 13.0. The van der Waals surface area contributed by atoms with Crippen molar-refractivity contribution >= 4 is 28.0 Å². The third kappa shape index (κ3) is 3.85. The fourth-order valence-electron chi connectivity index (χ4n) is 5.46. The lowest BCUT2D eigenvalue weighted by atomic mass is 10.1. The lowest BCUT2D eigenvalue weighted by Crippen LogP contribution is -2.18. The van der Waals surface area contributed by atoms with E-state index in [1.54, 1.807) is 24.8 Å². The summed E-state index contributed by atoms with van der Waals surface area (Å²) in [7, 11) is 0. The Hall–Kier alpha value is -3.85. The molecule has 8 nitrogen and oxygen atoms in total. The van der Waals surface area contributed by atoms with Gasteiger partial charge in [-0.2, -0.15) is 0 Å². The first-order chi connectivity index (χ1) is 18.2. The van der Waals surface area contributed by atoms with Crippen molar-refractivity contribution in [3.8, 4) is 5.69 Å². The Morgan fingerprint density at radius 3 is 2.68 bits per heavy atom. The van der Waals surface area contributed by atoms with Crippen molar-refractivity contribution in [1.29, 1.82) is 0 Å². The van der Waals surface area contributed by atoms with E-state index in [-0.39, 0.29) is 24.0 Å². The van der Waals surface area contributed by atoms with E-state index >= 15 is 4.39 Å². The van der Waals surface area contributed by atoms with Crippen molar-refractivity contribution in [2.24, 2.45) is 0 Å². The third-order valence-corrected chi connectivity index (χ3v) is 7.40. The minimum Gasteiger partial charge on any atom is -0.358 e. The van der Waals surface area contributed by atoms with Crippen LogP contribution in [0, 0.1) is 5.82 Å². The molecule has 0 spiro atoms. The number of benzene rings is 2. The first kappa shape index (κ1) is 22.4. The van der Waals surface area contributed by atoms with Crippen LogP contribution in [0.2, 0.25) is 0 Å². The number of rotatable bonds is 6. The fourth-order valence-corrected chi connectivity index (χ4v) is 5.46. The summed E-state index contributed by atoms with van der Waals surface area (Å²) in [5.74, 6) is 1.50. The number of para-hydroxylation sites is 1. The predicted molar refractivity (Wildman–Crippen MR) is 139 cm³/mol. The number of halogens is 1. The summed E-state index contributed by atoms with van der Waals surface area (Å²) in [5.41, 5.74) is 4.80. The Kier molecular flexibility index (Phi) is 5.39. The molecule has 2 fully saturated rings. The average molecular weight is 498 g/mol. The van der Waals surface area contributed by atoms with Gasteiger partial charge in [-0.1, -0.05) is 18.2 Å². The summed E-state index contributed by atoms with van der Waals surface area (Å²) < 4.78 is 25.2. The molecule has 4 heterocycles. The molecule has 37 heavy (non-hydrogen) atoms. The Balaban J connectivity index is 1.32. The topological polar surface area (TPSA) is 82.7 Å². The fraction of sp³-hybridized carbons (Fsp3) is 0.357. The van der Waals surface area contributed by atoms with Crippen LogP contribution < -0.4 is 5.32 Å². The van der Waals surface area contributed by atoms with Gasteiger partial charge in [0.05, 0.1) is 23.4 Å². The summed E-state index contributed by atoms with van der Waals surface area (Å²) in [5, 5.41) is 3.52. The molecule has 3 aromatic heterocycles. The quantitative estimate of drug-likeness (QED) is 0.307. The second kappa shape index (κ2) is 8.92. The zero-order valence-electron chi connectivity index (χ0n) is 20.6. The minimum atomic E-state index is -0.239. The molecule has 1 aliphatic carbocycles. The van der Waals surface area contributed by atoms with E-state index < -0.39 is 0 Å². The van der Waals surface area contributed by atoms with Crippen LogP contribution in [0.4, 0.5) is 10.2 Å². The molecule has 188 valence electrons. The number of imidazole rings is 2. The maximum atomic E-state index is 15.1. The van der Waals surface area contributed by atoms with Gasteiger partial charge in [-0.05, 0) is 69.2 Å². The Morgan fingerprint density at radius 2 is 1.89 bits per heavy atom. The smallest absolute Gasteiger partial charge is 0.167 e. The third-order valence-electron chi connectivity index (χ3n) is 7.40. The number of hydrogen-bond donors (Lipinski definition) is 1. The van der Waals surface area contributed by atoms with Gasteiger partial charge in [0.25, 0.3) is 0 Å². The van der Waals surface area contributed by atoms with Crippen molar-refractivity contribution < 1.29 is 9.13 Å². The lowest BCUT2D eigenvalue weighted by Gasteiger charge is -2.23. The molecule has 5 aromatic rings. The number of anilines is 1. The minimum absolute atomic E-state index is 0.0584. The molecular formula is C28H28FN7O. The van der Waals surface area contributed by atoms with Gasteiger partial charge in [0.15, 0.2) is 17.0 Å². The Labute approximate surface area is 213 Å². The van der Waals surface area contributed by atoms with Crippen molar-refractivity contribution in [1.82, 2.24) is 29.1 Å². The highest BCUT2D eigenvalue weighted by Crippen LogP contribution is 2.45. The van der Waals surface area contributed by atoms with Gasteiger partial charge in [-0.25, -0.2) is 24.3 Å². The standard InChI is InChI=1S/C28H28FN7O/c1-17(33-26-24-28(31-15-30-26)35(16-32-24)22-9-5-6-14-37-22)27-34-21-13-12-20(29)23(18-10-11-18)25(21)36(27)19-7-3-2-4-8-19/h2-4,7-8,12-13,15-18,22H,5-6,9-11,14H2,1H3,(H,30,31,33)/t17?,22-/m0/s1. The van der Waals surface area contributed by atoms with Gasteiger partial charge in [0.2, 0.25) is 0 Å².